The molecule has 0 aromatic carbocycles. The van der Waals surface area contributed by atoms with Crippen LogP contribution in [0, 0.1) is 0 Å². The van der Waals surface area contributed by atoms with Crippen molar-refractivity contribution in [1.82, 2.24) is 10.3 Å². The second-order valence-electron chi connectivity index (χ2n) is 3.64. The second kappa shape index (κ2) is 5.16. The summed E-state index contributed by atoms with van der Waals surface area (Å²) >= 11 is 0. The molecule has 0 saturated heterocycles. The number of nitrogens with one attached hydrogen (secondary N) is 1. The SMILES string of the molecule is CNCCCc1ccnc(C(C)(F)F)c1. The summed E-state index contributed by atoms with van der Waals surface area (Å²) in [4.78, 5) is 3.67. The molecule has 0 atom stereocenters. The Labute approximate surface area is 88.7 Å². The molecule has 0 radical (unpaired) electrons. The van der Waals surface area contributed by atoms with Gasteiger partial charge in [0.2, 0.25) is 0 Å². The molecule has 0 unspecified atom stereocenters. The summed E-state index contributed by atoms with van der Waals surface area (Å²) in [5.74, 6) is -2.85. The van der Waals surface area contributed by atoms with Crippen LogP contribution >= 0.6 is 0 Å². The number of nitrogens with zero attached hydrogens (tertiary/aromatic N) is 1. The maximum Gasteiger partial charge on any atom is 0.286 e. The number of rotatable bonds is 5. The molecule has 0 bridgehead atoms. The van der Waals surface area contributed by atoms with Gasteiger partial charge in [0.15, 0.2) is 0 Å². The third-order valence-electron chi connectivity index (χ3n) is 2.17. The normalized spacial score (nSPS) is 11.7. The number of hydrogen-bond donors (Lipinski definition) is 1. The molecular formula is C11H16F2N2. The largest absolute Gasteiger partial charge is 0.320 e. The molecule has 0 spiro atoms. The van der Waals surface area contributed by atoms with Crippen molar-refractivity contribution < 1.29 is 8.78 Å². The van der Waals surface area contributed by atoms with E-state index in [0.717, 1.165) is 31.9 Å². The number of aryl methyl sites for hydroxylation is 1. The number of pyridine rings is 1. The van der Waals surface area contributed by atoms with E-state index >= 15 is 0 Å². The van der Waals surface area contributed by atoms with Crippen LogP contribution in [-0.2, 0) is 12.3 Å². The first kappa shape index (κ1) is 12.0. The molecule has 0 fully saturated rings. The van der Waals surface area contributed by atoms with Gasteiger partial charge in [0.1, 0.15) is 5.69 Å². The number of hydrogen-bond acceptors (Lipinski definition) is 2. The molecule has 15 heavy (non-hydrogen) atoms. The van der Waals surface area contributed by atoms with Crippen LogP contribution in [0.25, 0.3) is 0 Å². The fourth-order valence-electron chi connectivity index (χ4n) is 1.34. The average molecular weight is 214 g/mol. The van der Waals surface area contributed by atoms with Crippen molar-refractivity contribution >= 4 is 0 Å². The smallest absolute Gasteiger partial charge is 0.286 e. The molecule has 84 valence electrons. The zero-order chi connectivity index (χ0) is 11.3. The van der Waals surface area contributed by atoms with Gasteiger partial charge in [-0.3, -0.25) is 4.98 Å². The first-order chi connectivity index (χ1) is 7.04. The maximum absolute atomic E-state index is 12.9. The van der Waals surface area contributed by atoms with Crippen LogP contribution in [0.15, 0.2) is 18.3 Å². The molecule has 1 N–H and O–H groups in total. The summed E-state index contributed by atoms with van der Waals surface area (Å²) in [5, 5.41) is 3.02. The Morgan fingerprint density at radius 3 is 2.80 bits per heavy atom. The minimum absolute atomic E-state index is 0.149. The lowest BCUT2D eigenvalue weighted by atomic mass is 10.1. The summed E-state index contributed by atoms with van der Waals surface area (Å²) < 4.78 is 25.9. The van der Waals surface area contributed by atoms with Crippen LogP contribution in [0.2, 0.25) is 0 Å². The number of halogens is 2. The highest BCUT2D eigenvalue weighted by Crippen LogP contribution is 2.25. The fraction of sp³-hybridized carbons (Fsp3) is 0.545. The van der Waals surface area contributed by atoms with E-state index in [4.69, 9.17) is 0 Å². The van der Waals surface area contributed by atoms with Crippen molar-refractivity contribution in [3.05, 3.63) is 29.6 Å². The van der Waals surface area contributed by atoms with Gasteiger partial charge in [-0.25, -0.2) is 0 Å². The monoisotopic (exact) mass is 214 g/mol. The summed E-state index contributed by atoms with van der Waals surface area (Å²) in [7, 11) is 1.87. The van der Waals surface area contributed by atoms with Gasteiger partial charge in [-0.15, -0.1) is 0 Å². The van der Waals surface area contributed by atoms with Gasteiger partial charge in [-0.1, -0.05) is 0 Å². The Bertz CT molecular complexity index is 308. The van der Waals surface area contributed by atoms with E-state index in [0.29, 0.717) is 0 Å². The molecule has 0 aliphatic heterocycles. The van der Waals surface area contributed by atoms with E-state index in [9.17, 15) is 8.78 Å². The first-order valence-electron chi connectivity index (χ1n) is 5.02. The highest BCUT2D eigenvalue weighted by Gasteiger charge is 2.25. The van der Waals surface area contributed by atoms with E-state index in [2.05, 4.69) is 10.3 Å². The van der Waals surface area contributed by atoms with E-state index in [1.54, 1.807) is 6.07 Å². The minimum atomic E-state index is -2.85. The predicted octanol–water partition coefficient (Wildman–Crippen LogP) is 2.35. The standard InChI is InChI=1S/C11H16F2N2/c1-11(12,13)10-8-9(5-7-15-10)4-3-6-14-2/h5,7-8,14H,3-4,6H2,1-2H3. The Balaban J connectivity index is 2.66. The lowest BCUT2D eigenvalue weighted by Gasteiger charge is -2.10. The molecule has 1 rings (SSSR count). The predicted molar refractivity (Wildman–Crippen MR) is 56.1 cm³/mol. The van der Waals surface area contributed by atoms with Crippen molar-refractivity contribution in [3.8, 4) is 0 Å². The maximum atomic E-state index is 12.9. The Morgan fingerprint density at radius 1 is 1.47 bits per heavy atom. The summed E-state index contributed by atoms with van der Waals surface area (Å²) in [6.45, 7) is 1.76. The lowest BCUT2D eigenvalue weighted by molar-refractivity contribution is 0.0127. The molecular weight excluding hydrogens is 198 g/mol. The molecule has 0 aliphatic carbocycles. The van der Waals surface area contributed by atoms with Crippen LogP contribution < -0.4 is 5.32 Å². The van der Waals surface area contributed by atoms with Gasteiger partial charge in [0.05, 0.1) is 0 Å². The molecule has 1 heterocycles. The van der Waals surface area contributed by atoms with Gasteiger partial charge < -0.3 is 5.32 Å². The quantitative estimate of drug-likeness (QED) is 0.761. The van der Waals surface area contributed by atoms with Crippen molar-refractivity contribution in [2.75, 3.05) is 13.6 Å². The van der Waals surface area contributed by atoms with Crippen molar-refractivity contribution in [2.24, 2.45) is 0 Å². The highest BCUT2D eigenvalue weighted by atomic mass is 19.3. The Kier molecular flexibility index (Phi) is 4.15. The van der Waals surface area contributed by atoms with E-state index < -0.39 is 5.92 Å². The minimum Gasteiger partial charge on any atom is -0.320 e. The lowest BCUT2D eigenvalue weighted by Crippen LogP contribution is -2.11. The Morgan fingerprint density at radius 2 is 2.20 bits per heavy atom. The van der Waals surface area contributed by atoms with Crippen LogP contribution in [0.1, 0.15) is 24.6 Å². The molecule has 2 nitrogen and oxygen atoms in total. The molecule has 0 amide bonds. The third-order valence-corrected chi connectivity index (χ3v) is 2.17. The second-order valence-corrected chi connectivity index (χ2v) is 3.64. The van der Waals surface area contributed by atoms with Crippen LogP contribution in [0.3, 0.4) is 0 Å². The topological polar surface area (TPSA) is 24.9 Å². The van der Waals surface area contributed by atoms with Crippen LogP contribution in [0.4, 0.5) is 8.78 Å². The molecule has 4 heteroatoms. The van der Waals surface area contributed by atoms with E-state index in [1.165, 1.54) is 12.3 Å². The number of aromatic nitrogens is 1. The van der Waals surface area contributed by atoms with Crippen LogP contribution in [-0.4, -0.2) is 18.6 Å². The van der Waals surface area contributed by atoms with Gasteiger partial charge in [0, 0.05) is 13.1 Å². The van der Waals surface area contributed by atoms with Crippen molar-refractivity contribution in [1.29, 1.82) is 0 Å². The third kappa shape index (κ3) is 3.91. The molecule has 0 saturated carbocycles. The van der Waals surface area contributed by atoms with Crippen molar-refractivity contribution in [3.63, 3.8) is 0 Å². The Hall–Kier alpha value is -1.03. The molecule has 1 aromatic heterocycles. The molecule has 1 aromatic rings. The summed E-state index contributed by atoms with van der Waals surface area (Å²) in [6.07, 6.45) is 3.18. The fourth-order valence-corrected chi connectivity index (χ4v) is 1.34. The van der Waals surface area contributed by atoms with E-state index in [-0.39, 0.29) is 5.69 Å². The first-order valence-corrected chi connectivity index (χ1v) is 5.02. The average Bonchev–Trinajstić information content (AvgIpc) is 2.17. The van der Waals surface area contributed by atoms with Gasteiger partial charge in [0.25, 0.3) is 5.92 Å². The summed E-state index contributed by atoms with van der Waals surface area (Å²) in [5.41, 5.74) is 0.765. The van der Waals surface area contributed by atoms with E-state index in [1.807, 2.05) is 7.05 Å². The van der Waals surface area contributed by atoms with Gasteiger partial charge in [-0.05, 0) is 44.1 Å². The van der Waals surface area contributed by atoms with Gasteiger partial charge in [-0.2, -0.15) is 8.78 Å². The van der Waals surface area contributed by atoms with Gasteiger partial charge >= 0.3 is 0 Å². The highest BCUT2D eigenvalue weighted by molar-refractivity contribution is 5.19. The summed E-state index contributed by atoms with van der Waals surface area (Å²) in [6, 6.07) is 3.26. The van der Waals surface area contributed by atoms with Crippen LogP contribution in [0.5, 0.6) is 0 Å². The molecule has 0 aliphatic rings. The van der Waals surface area contributed by atoms with Crippen molar-refractivity contribution in [2.45, 2.75) is 25.7 Å². The zero-order valence-electron chi connectivity index (χ0n) is 9.06. The number of alkyl halides is 2. The zero-order valence-corrected chi connectivity index (χ0v) is 9.06.